The quantitative estimate of drug-likeness (QED) is 0.269. The number of nitrogens with one attached hydrogen (secondary N) is 2. The van der Waals surface area contributed by atoms with E-state index in [1.165, 1.54) is 11.8 Å². The molecule has 11 heteroatoms. The van der Waals surface area contributed by atoms with Gasteiger partial charge in [-0.1, -0.05) is 48.5 Å². The number of H-pyrrole nitrogens is 1. The summed E-state index contributed by atoms with van der Waals surface area (Å²) in [6.45, 7) is 1.47. The van der Waals surface area contributed by atoms with Gasteiger partial charge < -0.3 is 20.3 Å². The summed E-state index contributed by atoms with van der Waals surface area (Å²) in [4.78, 5) is 32.9. The van der Waals surface area contributed by atoms with E-state index in [0.29, 0.717) is 29.1 Å². The summed E-state index contributed by atoms with van der Waals surface area (Å²) in [5.41, 5.74) is 3.95. The number of sulfonamides is 1. The van der Waals surface area contributed by atoms with E-state index in [1.54, 1.807) is 38.4 Å². The van der Waals surface area contributed by atoms with Crippen LogP contribution in [0, 0.1) is 0 Å². The van der Waals surface area contributed by atoms with Crippen LogP contribution in [0.15, 0.2) is 77.8 Å². The molecule has 0 atom stereocenters. The number of benzene rings is 3. The summed E-state index contributed by atoms with van der Waals surface area (Å²) < 4.78 is 26.2. The molecule has 0 unspecified atom stereocenters. The molecule has 1 heterocycles. The van der Waals surface area contributed by atoms with Gasteiger partial charge in [-0.05, 0) is 29.8 Å². The van der Waals surface area contributed by atoms with Crippen molar-refractivity contribution in [3.8, 4) is 5.88 Å². The van der Waals surface area contributed by atoms with Crippen LogP contribution in [0.2, 0.25) is 0 Å². The highest BCUT2D eigenvalue weighted by atomic mass is 32.2. The van der Waals surface area contributed by atoms with Crippen LogP contribution in [0.4, 0.5) is 11.4 Å². The number of rotatable bonds is 9. The Labute approximate surface area is 233 Å². The predicted octanol–water partition coefficient (Wildman–Crippen LogP) is 3.53. The Morgan fingerprint density at radius 2 is 1.70 bits per heavy atom. The van der Waals surface area contributed by atoms with Gasteiger partial charge in [-0.25, -0.2) is 13.4 Å². The fourth-order valence-corrected chi connectivity index (χ4v) is 4.99. The molecule has 208 valence electrons. The van der Waals surface area contributed by atoms with Crippen LogP contribution in [-0.4, -0.2) is 67.8 Å². The lowest BCUT2D eigenvalue weighted by molar-refractivity contribution is -0.127. The van der Waals surface area contributed by atoms with Crippen molar-refractivity contribution in [2.24, 2.45) is 4.99 Å². The minimum absolute atomic E-state index is 0.0623. The summed E-state index contributed by atoms with van der Waals surface area (Å²) in [7, 11) is -0.656. The Morgan fingerprint density at radius 1 is 1.00 bits per heavy atom. The van der Waals surface area contributed by atoms with Crippen LogP contribution in [-0.2, 0) is 26.2 Å². The highest BCUT2D eigenvalue weighted by Crippen LogP contribution is 2.32. The van der Waals surface area contributed by atoms with Crippen LogP contribution in [0.1, 0.15) is 23.6 Å². The van der Waals surface area contributed by atoms with Gasteiger partial charge in [0.25, 0.3) is 0 Å². The van der Waals surface area contributed by atoms with E-state index in [-0.39, 0.29) is 29.9 Å². The second-order valence-corrected chi connectivity index (χ2v) is 11.4. The van der Waals surface area contributed by atoms with Gasteiger partial charge in [0.15, 0.2) is 5.88 Å². The number of aromatic amines is 1. The fraction of sp³-hybridized carbons (Fsp3) is 0.207. The number of fused-ring (bicyclic) bond motifs is 1. The van der Waals surface area contributed by atoms with Crippen molar-refractivity contribution >= 4 is 49.8 Å². The third-order valence-electron chi connectivity index (χ3n) is 6.23. The first-order valence-corrected chi connectivity index (χ1v) is 14.3. The number of nitrogens with zero attached hydrogens (tertiary/aromatic N) is 3. The van der Waals surface area contributed by atoms with E-state index < -0.39 is 10.0 Å². The lowest BCUT2D eigenvalue weighted by atomic mass is 9.99. The molecule has 40 heavy (non-hydrogen) atoms. The Kier molecular flexibility index (Phi) is 8.24. The average molecular weight is 562 g/mol. The molecule has 3 aromatic carbocycles. The summed E-state index contributed by atoms with van der Waals surface area (Å²) >= 11 is 0. The number of aromatic hydroxyl groups is 1. The molecule has 0 saturated heterocycles. The normalized spacial score (nSPS) is 11.8. The number of carbonyl (C=O) groups is 2. The van der Waals surface area contributed by atoms with Crippen LogP contribution < -0.4 is 9.62 Å². The third kappa shape index (κ3) is 6.49. The Bertz CT molecular complexity index is 1690. The van der Waals surface area contributed by atoms with E-state index in [2.05, 4.69) is 10.3 Å². The SMILES string of the molecule is CC(=O)NCc1ccc(C(=Nc2cccc(N(CC(=O)N(C)C)S(C)(=O)=O)c2)c2c(O)[nH]c3ccccc23)cc1. The van der Waals surface area contributed by atoms with Gasteiger partial charge in [-0.3, -0.25) is 13.9 Å². The van der Waals surface area contributed by atoms with E-state index in [4.69, 9.17) is 4.99 Å². The number of aliphatic imine (C=N–C) groups is 1. The molecule has 1 aromatic heterocycles. The second-order valence-electron chi connectivity index (χ2n) is 9.54. The maximum atomic E-state index is 12.6. The summed E-state index contributed by atoms with van der Waals surface area (Å²) in [6.07, 6.45) is 1.05. The first-order chi connectivity index (χ1) is 18.9. The second kappa shape index (κ2) is 11.6. The number of amides is 2. The van der Waals surface area contributed by atoms with Crippen LogP contribution in [0.3, 0.4) is 0 Å². The van der Waals surface area contributed by atoms with E-state index >= 15 is 0 Å². The van der Waals surface area contributed by atoms with Crippen LogP contribution in [0.5, 0.6) is 5.88 Å². The lowest BCUT2D eigenvalue weighted by Gasteiger charge is -2.23. The monoisotopic (exact) mass is 561 g/mol. The number of para-hydroxylation sites is 1. The smallest absolute Gasteiger partial charge is 0.242 e. The van der Waals surface area contributed by atoms with Gasteiger partial charge in [-0.15, -0.1) is 0 Å². The van der Waals surface area contributed by atoms with E-state index in [1.807, 2.05) is 48.5 Å². The van der Waals surface area contributed by atoms with Crippen molar-refractivity contribution in [2.45, 2.75) is 13.5 Å². The topological polar surface area (TPSA) is 135 Å². The number of aromatic nitrogens is 1. The molecule has 0 aliphatic rings. The molecule has 0 fully saturated rings. The standard InChI is InChI=1S/C29H31N5O5S/c1-19(35)30-17-20-12-14-21(15-13-20)28(27-24-10-5-6-11-25(24)32-29(27)37)31-22-8-7-9-23(16-22)34(40(4,38)39)18-26(36)33(2)3/h5-16,32,37H,17-18H2,1-4H3,(H,30,35). The zero-order chi connectivity index (χ0) is 29.0. The highest BCUT2D eigenvalue weighted by molar-refractivity contribution is 7.92. The Hall–Kier alpha value is -4.64. The molecule has 2 amide bonds. The van der Waals surface area contributed by atoms with Crippen molar-refractivity contribution in [1.82, 2.24) is 15.2 Å². The number of likely N-dealkylation sites (N-methyl/N-ethyl adjacent to an activating group) is 1. The van der Waals surface area contributed by atoms with Gasteiger partial charge in [0, 0.05) is 44.0 Å². The lowest BCUT2D eigenvalue weighted by Crippen LogP contribution is -2.39. The Balaban J connectivity index is 1.84. The minimum Gasteiger partial charge on any atom is -0.494 e. The van der Waals surface area contributed by atoms with Crippen molar-refractivity contribution in [2.75, 3.05) is 31.2 Å². The summed E-state index contributed by atoms with van der Waals surface area (Å²) in [5.74, 6) is -0.568. The molecule has 0 aliphatic carbocycles. The Morgan fingerprint density at radius 3 is 2.35 bits per heavy atom. The van der Waals surface area contributed by atoms with Crippen LogP contribution >= 0.6 is 0 Å². The predicted molar refractivity (Wildman–Crippen MR) is 157 cm³/mol. The maximum Gasteiger partial charge on any atom is 0.242 e. The molecule has 3 N–H and O–H groups in total. The zero-order valence-electron chi connectivity index (χ0n) is 22.7. The maximum absolute atomic E-state index is 12.6. The largest absolute Gasteiger partial charge is 0.494 e. The molecule has 4 rings (SSSR count). The number of anilines is 1. The first kappa shape index (κ1) is 28.4. The zero-order valence-corrected chi connectivity index (χ0v) is 23.5. The number of carbonyl (C=O) groups excluding carboxylic acids is 2. The highest BCUT2D eigenvalue weighted by Gasteiger charge is 2.23. The summed E-state index contributed by atoms with van der Waals surface area (Å²) in [6, 6.07) is 21.4. The molecule has 0 bridgehead atoms. The molecule has 10 nitrogen and oxygen atoms in total. The number of hydrogen-bond acceptors (Lipinski definition) is 6. The van der Waals surface area contributed by atoms with Gasteiger partial charge in [0.1, 0.15) is 6.54 Å². The fourth-order valence-electron chi connectivity index (χ4n) is 4.15. The molecule has 0 saturated carbocycles. The van der Waals surface area contributed by atoms with Gasteiger partial charge >= 0.3 is 0 Å². The van der Waals surface area contributed by atoms with E-state index in [0.717, 1.165) is 27.0 Å². The average Bonchev–Trinajstić information content (AvgIpc) is 3.24. The first-order valence-electron chi connectivity index (χ1n) is 12.4. The van der Waals surface area contributed by atoms with Crippen molar-refractivity contribution < 1.29 is 23.1 Å². The number of hydrogen-bond donors (Lipinski definition) is 3. The molecule has 0 radical (unpaired) electrons. The molecule has 4 aromatic rings. The van der Waals surface area contributed by atoms with Crippen molar-refractivity contribution in [3.63, 3.8) is 0 Å². The van der Waals surface area contributed by atoms with Crippen LogP contribution in [0.25, 0.3) is 10.9 Å². The minimum atomic E-state index is -3.78. The van der Waals surface area contributed by atoms with Gasteiger partial charge in [0.05, 0.1) is 28.9 Å². The molecule has 0 spiro atoms. The van der Waals surface area contributed by atoms with Gasteiger partial charge in [0.2, 0.25) is 21.8 Å². The van der Waals surface area contributed by atoms with Gasteiger partial charge in [-0.2, -0.15) is 0 Å². The molecular weight excluding hydrogens is 530 g/mol. The van der Waals surface area contributed by atoms with Crippen molar-refractivity contribution in [3.05, 3.63) is 89.5 Å². The molecular formula is C29H31N5O5S. The summed E-state index contributed by atoms with van der Waals surface area (Å²) in [5, 5.41) is 14.5. The van der Waals surface area contributed by atoms with Crippen molar-refractivity contribution in [1.29, 1.82) is 0 Å². The van der Waals surface area contributed by atoms with E-state index in [9.17, 15) is 23.1 Å². The molecule has 0 aliphatic heterocycles. The third-order valence-corrected chi connectivity index (χ3v) is 7.37.